The van der Waals surface area contributed by atoms with Crippen LogP contribution in [0.5, 0.6) is 0 Å². The summed E-state index contributed by atoms with van der Waals surface area (Å²) in [4.78, 5) is 42.3. The first-order chi connectivity index (χ1) is 9.97. The van der Waals surface area contributed by atoms with Crippen LogP contribution in [0.15, 0.2) is 24.4 Å². The van der Waals surface area contributed by atoms with E-state index >= 15 is 0 Å². The van der Waals surface area contributed by atoms with Gasteiger partial charge in [0, 0.05) is 6.20 Å². The molecule has 2 heterocycles. The molecule has 1 aromatic heterocycles. The van der Waals surface area contributed by atoms with E-state index in [9.17, 15) is 14.4 Å². The molecule has 1 aliphatic heterocycles. The van der Waals surface area contributed by atoms with E-state index in [1.165, 1.54) is 0 Å². The highest BCUT2D eigenvalue weighted by molar-refractivity contribution is 6.19. The topological polar surface area (TPSA) is 79.4 Å². The van der Waals surface area contributed by atoms with Gasteiger partial charge in [0.05, 0.1) is 11.7 Å². The highest BCUT2D eigenvalue weighted by Crippen LogP contribution is 2.35. The van der Waals surface area contributed by atoms with Crippen LogP contribution < -0.4 is 5.32 Å². The number of barbiturate groups is 1. The summed E-state index contributed by atoms with van der Waals surface area (Å²) in [7, 11) is 0. The van der Waals surface area contributed by atoms with Crippen LogP contribution in [0.3, 0.4) is 0 Å². The summed E-state index contributed by atoms with van der Waals surface area (Å²) in [5.74, 6) is -0.952. The lowest BCUT2D eigenvalue weighted by molar-refractivity contribution is -0.153. The summed E-state index contributed by atoms with van der Waals surface area (Å²) >= 11 is 0. The van der Waals surface area contributed by atoms with Crippen molar-refractivity contribution in [1.82, 2.24) is 15.2 Å². The molecule has 0 saturated carbocycles. The van der Waals surface area contributed by atoms with Crippen LogP contribution in [0.4, 0.5) is 4.79 Å². The van der Waals surface area contributed by atoms with E-state index in [2.05, 4.69) is 10.3 Å². The molecule has 21 heavy (non-hydrogen) atoms. The molecule has 1 fully saturated rings. The average molecular weight is 289 g/mol. The lowest BCUT2D eigenvalue weighted by Gasteiger charge is -2.40. The molecule has 0 radical (unpaired) electrons. The van der Waals surface area contributed by atoms with Gasteiger partial charge in [-0.2, -0.15) is 0 Å². The maximum absolute atomic E-state index is 12.8. The first-order valence-electron chi connectivity index (χ1n) is 7.08. The monoisotopic (exact) mass is 289 g/mol. The number of amides is 4. The molecule has 0 aromatic carbocycles. The van der Waals surface area contributed by atoms with E-state index in [-0.39, 0.29) is 0 Å². The molecule has 112 valence electrons. The molecule has 1 N–H and O–H groups in total. The van der Waals surface area contributed by atoms with Gasteiger partial charge in [0.15, 0.2) is 0 Å². The Balaban J connectivity index is 2.41. The molecule has 1 saturated heterocycles. The molecule has 0 spiro atoms. The lowest BCUT2D eigenvalue weighted by atomic mass is 9.78. The molecular formula is C15H19N3O3. The number of nitrogens with zero attached hydrogens (tertiary/aromatic N) is 2. The fourth-order valence-corrected chi connectivity index (χ4v) is 2.68. The first-order valence-corrected chi connectivity index (χ1v) is 7.08. The molecular weight excluding hydrogens is 270 g/mol. The molecule has 4 amide bonds. The predicted molar refractivity (Wildman–Crippen MR) is 76.1 cm³/mol. The molecule has 1 aromatic rings. The van der Waals surface area contributed by atoms with Crippen molar-refractivity contribution < 1.29 is 14.4 Å². The predicted octanol–water partition coefficient (Wildman–Crippen LogP) is 2.03. The van der Waals surface area contributed by atoms with Gasteiger partial charge >= 0.3 is 6.03 Å². The Bertz CT molecular complexity index is 567. The van der Waals surface area contributed by atoms with Gasteiger partial charge in [-0.15, -0.1) is 0 Å². The highest BCUT2D eigenvalue weighted by Gasteiger charge is 2.52. The molecule has 6 nitrogen and oxygen atoms in total. The number of aromatic nitrogens is 1. The van der Waals surface area contributed by atoms with Crippen LogP contribution in [0, 0.1) is 5.41 Å². The van der Waals surface area contributed by atoms with Crippen LogP contribution in [-0.2, 0) is 9.59 Å². The van der Waals surface area contributed by atoms with Gasteiger partial charge in [-0.1, -0.05) is 19.9 Å². The third-order valence-corrected chi connectivity index (χ3v) is 4.21. The fourth-order valence-electron chi connectivity index (χ4n) is 2.68. The van der Waals surface area contributed by atoms with Crippen LogP contribution in [0.25, 0.3) is 0 Å². The number of carbonyl (C=O) groups is 3. The van der Waals surface area contributed by atoms with Crippen molar-refractivity contribution in [3.05, 3.63) is 30.1 Å². The van der Waals surface area contributed by atoms with Crippen molar-refractivity contribution >= 4 is 17.8 Å². The van der Waals surface area contributed by atoms with Gasteiger partial charge in [0.2, 0.25) is 11.8 Å². The normalized spacial score (nSPS) is 19.4. The van der Waals surface area contributed by atoms with Gasteiger partial charge in [0.25, 0.3) is 0 Å². The largest absolute Gasteiger partial charge is 0.331 e. The molecule has 0 bridgehead atoms. The van der Waals surface area contributed by atoms with Crippen LogP contribution >= 0.6 is 0 Å². The van der Waals surface area contributed by atoms with Gasteiger partial charge in [-0.05, 0) is 31.9 Å². The van der Waals surface area contributed by atoms with Crippen molar-refractivity contribution in [2.45, 2.75) is 39.7 Å². The number of hydrogen-bond donors (Lipinski definition) is 1. The number of urea groups is 1. The summed E-state index contributed by atoms with van der Waals surface area (Å²) in [6.45, 7) is 5.28. The van der Waals surface area contributed by atoms with Crippen molar-refractivity contribution in [3.8, 4) is 0 Å². The van der Waals surface area contributed by atoms with Crippen LogP contribution in [0.2, 0.25) is 0 Å². The summed E-state index contributed by atoms with van der Waals surface area (Å²) in [6.07, 6.45) is 2.32. The summed E-state index contributed by atoms with van der Waals surface area (Å²) in [5, 5.41) is 2.30. The van der Waals surface area contributed by atoms with Gasteiger partial charge < -0.3 is 0 Å². The Kier molecular flexibility index (Phi) is 4.06. The van der Waals surface area contributed by atoms with Crippen LogP contribution in [0.1, 0.15) is 45.3 Å². The second-order valence-corrected chi connectivity index (χ2v) is 5.15. The van der Waals surface area contributed by atoms with E-state index in [0.717, 1.165) is 4.90 Å². The molecule has 1 aliphatic rings. The first kappa shape index (κ1) is 15.2. The van der Waals surface area contributed by atoms with Gasteiger partial charge in [0.1, 0.15) is 5.41 Å². The summed E-state index contributed by atoms with van der Waals surface area (Å²) in [5.41, 5.74) is -0.562. The fraction of sp³-hybridized carbons (Fsp3) is 0.467. The Hall–Kier alpha value is -2.24. The van der Waals surface area contributed by atoms with E-state index in [1.54, 1.807) is 45.2 Å². The Labute approximate surface area is 123 Å². The Morgan fingerprint density at radius 2 is 1.90 bits per heavy atom. The number of pyridine rings is 1. The van der Waals surface area contributed by atoms with Crippen molar-refractivity contribution in [2.24, 2.45) is 5.41 Å². The summed E-state index contributed by atoms with van der Waals surface area (Å²) < 4.78 is 0. The Morgan fingerprint density at radius 3 is 2.43 bits per heavy atom. The number of carbonyl (C=O) groups excluding carboxylic acids is 3. The zero-order valence-corrected chi connectivity index (χ0v) is 12.4. The van der Waals surface area contributed by atoms with Gasteiger partial charge in [-0.3, -0.25) is 24.8 Å². The highest BCUT2D eigenvalue weighted by atomic mass is 16.2. The third kappa shape index (κ3) is 2.30. The second kappa shape index (κ2) is 5.63. The molecule has 2 rings (SSSR count). The molecule has 0 aliphatic carbocycles. The standard InChI is InChI=1S/C15H19N3O3/c1-4-15(5-2)12(19)17-14(21)18(13(15)20)10(3)11-8-6-7-9-16-11/h6-10H,4-5H2,1-3H3,(H,17,19,21). The van der Waals surface area contributed by atoms with Crippen molar-refractivity contribution in [2.75, 3.05) is 0 Å². The molecule has 1 atom stereocenters. The number of hydrogen-bond acceptors (Lipinski definition) is 4. The quantitative estimate of drug-likeness (QED) is 0.860. The van der Waals surface area contributed by atoms with E-state index in [4.69, 9.17) is 0 Å². The third-order valence-electron chi connectivity index (χ3n) is 4.21. The minimum absolute atomic E-state index is 0.354. The molecule has 1 unspecified atom stereocenters. The van der Waals surface area contributed by atoms with Crippen LogP contribution in [-0.4, -0.2) is 27.7 Å². The van der Waals surface area contributed by atoms with Crippen molar-refractivity contribution in [3.63, 3.8) is 0 Å². The zero-order chi connectivity index (χ0) is 15.6. The molecule has 6 heteroatoms. The number of rotatable bonds is 4. The van der Waals surface area contributed by atoms with Gasteiger partial charge in [-0.25, -0.2) is 4.79 Å². The summed E-state index contributed by atoms with van der Waals surface area (Å²) in [6, 6.07) is 4.11. The maximum Gasteiger partial charge on any atom is 0.331 e. The Morgan fingerprint density at radius 1 is 1.24 bits per heavy atom. The lowest BCUT2D eigenvalue weighted by Crippen LogP contribution is -2.63. The minimum Gasteiger partial charge on any atom is -0.277 e. The average Bonchev–Trinajstić information content (AvgIpc) is 2.49. The maximum atomic E-state index is 12.8. The van der Waals surface area contributed by atoms with E-state index in [0.29, 0.717) is 18.5 Å². The van der Waals surface area contributed by atoms with Crippen molar-refractivity contribution in [1.29, 1.82) is 0 Å². The number of nitrogens with one attached hydrogen (secondary N) is 1. The minimum atomic E-state index is -1.17. The smallest absolute Gasteiger partial charge is 0.277 e. The second-order valence-electron chi connectivity index (χ2n) is 5.15. The number of imide groups is 2. The SMILES string of the molecule is CCC1(CC)C(=O)NC(=O)N(C(C)c2ccccn2)C1=O. The van der Waals surface area contributed by atoms with E-state index < -0.39 is 29.3 Å². The van der Waals surface area contributed by atoms with E-state index in [1.807, 2.05) is 0 Å². The zero-order valence-electron chi connectivity index (χ0n) is 12.4.